The average Bonchev–Trinajstić information content (AvgIpc) is 2.45. The summed E-state index contributed by atoms with van der Waals surface area (Å²) in [5.74, 6) is 0.575. The molecule has 1 rings (SSSR count). The van der Waals surface area contributed by atoms with Crippen molar-refractivity contribution in [2.45, 2.75) is 19.6 Å². The van der Waals surface area contributed by atoms with Gasteiger partial charge < -0.3 is 19.5 Å². The molecule has 106 valence electrons. The maximum absolute atomic E-state index is 12.1. The molecule has 1 aromatic carbocycles. The van der Waals surface area contributed by atoms with Gasteiger partial charge in [0.2, 0.25) is 0 Å². The van der Waals surface area contributed by atoms with Crippen molar-refractivity contribution in [2.24, 2.45) is 0 Å². The molecule has 0 aliphatic heterocycles. The van der Waals surface area contributed by atoms with E-state index >= 15 is 0 Å². The fraction of sp³-hybridized carbons (Fsp3) is 0.500. The predicted octanol–water partition coefficient (Wildman–Crippen LogP) is 1.05. The van der Waals surface area contributed by atoms with Crippen molar-refractivity contribution in [2.75, 3.05) is 27.4 Å². The van der Waals surface area contributed by atoms with Gasteiger partial charge in [0.15, 0.2) is 0 Å². The highest BCUT2D eigenvalue weighted by atomic mass is 16.5. The molecule has 5 nitrogen and oxygen atoms in total. The smallest absolute Gasteiger partial charge is 0.251 e. The molecular weight excluding hydrogens is 246 g/mol. The van der Waals surface area contributed by atoms with Crippen LogP contribution in [0.15, 0.2) is 24.3 Å². The standard InChI is InChI=1S/C14H21NO4/c1-11(18-2)14(17)15(8-9-16)10-12-6-4-5-7-13(12)19-3/h4-7,11,16H,8-10H2,1-3H3. The minimum atomic E-state index is -0.527. The minimum Gasteiger partial charge on any atom is -0.496 e. The molecule has 1 aromatic rings. The van der Waals surface area contributed by atoms with Crippen LogP contribution in [0.25, 0.3) is 0 Å². The van der Waals surface area contributed by atoms with Crippen LogP contribution in [0.1, 0.15) is 12.5 Å². The Morgan fingerprint density at radius 2 is 2.05 bits per heavy atom. The summed E-state index contributed by atoms with van der Waals surface area (Å²) in [6, 6.07) is 7.50. The van der Waals surface area contributed by atoms with E-state index in [2.05, 4.69) is 0 Å². The highest BCUT2D eigenvalue weighted by molar-refractivity contribution is 5.80. The van der Waals surface area contributed by atoms with Gasteiger partial charge in [0, 0.05) is 25.8 Å². The maximum Gasteiger partial charge on any atom is 0.251 e. The molecule has 0 saturated heterocycles. The number of aliphatic hydroxyl groups excluding tert-OH is 1. The first kappa shape index (κ1) is 15.5. The van der Waals surface area contributed by atoms with E-state index in [1.807, 2.05) is 24.3 Å². The first-order valence-electron chi connectivity index (χ1n) is 6.18. The van der Waals surface area contributed by atoms with Gasteiger partial charge in [0.25, 0.3) is 5.91 Å². The van der Waals surface area contributed by atoms with E-state index in [4.69, 9.17) is 14.6 Å². The van der Waals surface area contributed by atoms with Gasteiger partial charge in [-0.2, -0.15) is 0 Å². The molecule has 0 radical (unpaired) electrons. The van der Waals surface area contributed by atoms with Crippen molar-refractivity contribution < 1.29 is 19.4 Å². The van der Waals surface area contributed by atoms with E-state index in [1.165, 1.54) is 7.11 Å². The number of carbonyl (C=O) groups excluding carboxylic acids is 1. The maximum atomic E-state index is 12.1. The molecule has 19 heavy (non-hydrogen) atoms. The second kappa shape index (κ2) is 7.76. The zero-order chi connectivity index (χ0) is 14.3. The normalized spacial score (nSPS) is 12.0. The quantitative estimate of drug-likeness (QED) is 0.802. The van der Waals surface area contributed by atoms with Crippen LogP contribution in [0.3, 0.4) is 0 Å². The number of ether oxygens (including phenoxy) is 2. The number of aliphatic hydroxyl groups is 1. The van der Waals surface area contributed by atoms with Crippen LogP contribution in [0.5, 0.6) is 5.75 Å². The van der Waals surface area contributed by atoms with Crippen molar-refractivity contribution in [3.8, 4) is 5.75 Å². The number of methoxy groups -OCH3 is 2. The number of para-hydroxylation sites is 1. The molecule has 0 bridgehead atoms. The molecule has 0 aliphatic carbocycles. The van der Waals surface area contributed by atoms with Gasteiger partial charge in [-0.1, -0.05) is 18.2 Å². The SMILES string of the molecule is COc1ccccc1CN(CCO)C(=O)C(C)OC. The fourth-order valence-electron chi connectivity index (χ4n) is 1.79. The Bertz CT molecular complexity index is 408. The van der Waals surface area contributed by atoms with E-state index < -0.39 is 6.10 Å². The van der Waals surface area contributed by atoms with Crippen molar-refractivity contribution in [1.29, 1.82) is 0 Å². The first-order chi connectivity index (χ1) is 9.13. The summed E-state index contributed by atoms with van der Waals surface area (Å²) in [7, 11) is 3.08. The molecule has 1 amide bonds. The highest BCUT2D eigenvalue weighted by Gasteiger charge is 2.20. The lowest BCUT2D eigenvalue weighted by atomic mass is 10.1. The predicted molar refractivity (Wildman–Crippen MR) is 72.0 cm³/mol. The lowest BCUT2D eigenvalue weighted by Crippen LogP contribution is -2.40. The number of benzene rings is 1. The van der Waals surface area contributed by atoms with Crippen molar-refractivity contribution in [3.05, 3.63) is 29.8 Å². The minimum absolute atomic E-state index is 0.0860. The van der Waals surface area contributed by atoms with Gasteiger partial charge in [-0.05, 0) is 13.0 Å². The lowest BCUT2D eigenvalue weighted by Gasteiger charge is -2.25. The van der Waals surface area contributed by atoms with Crippen molar-refractivity contribution in [3.63, 3.8) is 0 Å². The molecule has 0 aliphatic rings. The third kappa shape index (κ3) is 4.22. The third-order valence-electron chi connectivity index (χ3n) is 2.94. The first-order valence-corrected chi connectivity index (χ1v) is 6.18. The summed E-state index contributed by atoms with van der Waals surface area (Å²) in [6.07, 6.45) is -0.527. The fourth-order valence-corrected chi connectivity index (χ4v) is 1.79. The van der Waals surface area contributed by atoms with Gasteiger partial charge in [-0.15, -0.1) is 0 Å². The van der Waals surface area contributed by atoms with Gasteiger partial charge in [0.1, 0.15) is 11.9 Å². The number of hydrogen-bond donors (Lipinski definition) is 1. The Morgan fingerprint density at radius 1 is 1.37 bits per heavy atom. The molecule has 1 atom stereocenters. The molecule has 0 spiro atoms. The van der Waals surface area contributed by atoms with Gasteiger partial charge in [-0.25, -0.2) is 0 Å². The molecule has 1 N–H and O–H groups in total. The summed E-state index contributed by atoms with van der Waals surface area (Å²) in [5.41, 5.74) is 0.898. The largest absolute Gasteiger partial charge is 0.496 e. The van der Waals surface area contributed by atoms with Crippen molar-refractivity contribution in [1.82, 2.24) is 4.90 Å². The zero-order valence-electron chi connectivity index (χ0n) is 11.6. The highest BCUT2D eigenvalue weighted by Crippen LogP contribution is 2.19. The van der Waals surface area contributed by atoms with Crippen LogP contribution < -0.4 is 4.74 Å². The lowest BCUT2D eigenvalue weighted by molar-refractivity contribution is -0.142. The summed E-state index contributed by atoms with van der Waals surface area (Å²) < 4.78 is 10.3. The van der Waals surface area contributed by atoms with Gasteiger partial charge in [-0.3, -0.25) is 4.79 Å². The number of hydrogen-bond acceptors (Lipinski definition) is 4. The van der Waals surface area contributed by atoms with Crippen LogP contribution in [-0.4, -0.2) is 49.4 Å². The Kier molecular flexibility index (Phi) is 6.32. The second-order valence-electron chi connectivity index (χ2n) is 4.17. The Balaban J connectivity index is 2.86. The van der Waals surface area contributed by atoms with E-state index in [0.717, 1.165) is 11.3 Å². The topological polar surface area (TPSA) is 59.0 Å². The van der Waals surface area contributed by atoms with Gasteiger partial charge in [0.05, 0.1) is 13.7 Å². The number of amides is 1. The summed E-state index contributed by atoms with van der Waals surface area (Å²) >= 11 is 0. The van der Waals surface area contributed by atoms with E-state index in [1.54, 1.807) is 18.9 Å². The zero-order valence-corrected chi connectivity index (χ0v) is 11.6. The number of carbonyl (C=O) groups is 1. The monoisotopic (exact) mass is 267 g/mol. The average molecular weight is 267 g/mol. The second-order valence-corrected chi connectivity index (χ2v) is 4.17. The number of rotatable bonds is 7. The van der Waals surface area contributed by atoms with Crippen LogP contribution in [0, 0.1) is 0 Å². The van der Waals surface area contributed by atoms with E-state index in [-0.39, 0.29) is 19.1 Å². The number of nitrogens with zero attached hydrogens (tertiary/aromatic N) is 1. The van der Waals surface area contributed by atoms with Crippen LogP contribution in [0.2, 0.25) is 0 Å². The Hall–Kier alpha value is -1.59. The molecule has 0 fully saturated rings. The molecular formula is C14H21NO4. The van der Waals surface area contributed by atoms with E-state index in [9.17, 15) is 4.79 Å². The van der Waals surface area contributed by atoms with Crippen LogP contribution in [0.4, 0.5) is 0 Å². The van der Waals surface area contributed by atoms with Crippen LogP contribution in [-0.2, 0) is 16.1 Å². The molecule has 0 heterocycles. The van der Waals surface area contributed by atoms with Gasteiger partial charge >= 0.3 is 0 Å². The van der Waals surface area contributed by atoms with Crippen molar-refractivity contribution >= 4 is 5.91 Å². The Morgan fingerprint density at radius 3 is 2.63 bits per heavy atom. The van der Waals surface area contributed by atoms with Crippen LogP contribution >= 0.6 is 0 Å². The third-order valence-corrected chi connectivity index (χ3v) is 2.94. The Labute approximate surface area is 113 Å². The molecule has 0 saturated carbocycles. The van der Waals surface area contributed by atoms with E-state index in [0.29, 0.717) is 6.54 Å². The summed E-state index contributed by atoms with van der Waals surface area (Å²) in [5, 5.41) is 9.08. The summed E-state index contributed by atoms with van der Waals surface area (Å²) in [4.78, 5) is 13.7. The molecule has 1 unspecified atom stereocenters. The molecule has 0 aromatic heterocycles. The summed E-state index contributed by atoms with van der Waals surface area (Å²) in [6.45, 7) is 2.26. The molecule has 5 heteroatoms.